The molecule has 0 saturated heterocycles. The number of esters is 1. The van der Waals surface area contributed by atoms with Gasteiger partial charge in [0.2, 0.25) is 0 Å². The average molecular weight is 278 g/mol. The van der Waals surface area contributed by atoms with Crippen molar-refractivity contribution in [3.8, 4) is 0 Å². The van der Waals surface area contributed by atoms with Crippen LogP contribution in [0.4, 0.5) is 0 Å². The lowest BCUT2D eigenvalue weighted by Gasteiger charge is -2.05. The minimum atomic E-state index is -0.221. The molecule has 0 aromatic heterocycles. The van der Waals surface area contributed by atoms with E-state index in [4.69, 9.17) is 16.3 Å². The monoisotopic (exact) mass is 277 g/mol. The summed E-state index contributed by atoms with van der Waals surface area (Å²) in [6.45, 7) is 3.17. The number of halogens is 2. The molecule has 5 heteroatoms. The fourth-order valence-electron chi connectivity index (χ4n) is 1.33. The van der Waals surface area contributed by atoms with E-state index in [1.54, 1.807) is 6.92 Å². The molecule has 0 saturated carbocycles. The zero-order chi connectivity index (χ0) is 11.8. The van der Waals surface area contributed by atoms with Crippen LogP contribution in [0.1, 0.15) is 12.5 Å². The van der Waals surface area contributed by atoms with Gasteiger partial charge in [0.25, 0.3) is 0 Å². The first kappa shape index (κ1) is 16.2. The van der Waals surface area contributed by atoms with Crippen LogP contribution < -0.4 is 5.32 Å². The van der Waals surface area contributed by atoms with E-state index in [0.29, 0.717) is 13.2 Å². The fraction of sp³-hybridized carbons (Fsp3) is 0.417. The Morgan fingerprint density at radius 3 is 2.76 bits per heavy atom. The van der Waals surface area contributed by atoms with Crippen LogP contribution in [0.2, 0.25) is 5.02 Å². The van der Waals surface area contributed by atoms with Crippen LogP contribution in [-0.2, 0) is 16.0 Å². The summed E-state index contributed by atoms with van der Waals surface area (Å²) in [6, 6.07) is 7.70. The van der Waals surface area contributed by atoms with Crippen molar-refractivity contribution in [1.82, 2.24) is 5.32 Å². The molecule has 0 aliphatic heterocycles. The summed E-state index contributed by atoms with van der Waals surface area (Å²) in [6.07, 6.45) is 0.805. The number of nitrogens with one attached hydrogen (secondary N) is 1. The molecule has 0 aliphatic rings. The normalized spacial score (nSPS) is 9.53. The molecule has 0 heterocycles. The number of hydrogen-bond acceptors (Lipinski definition) is 3. The molecule has 0 radical (unpaired) electrons. The minimum absolute atomic E-state index is 0. The Balaban J connectivity index is 0.00000256. The van der Waals surface area contributed by atoms with E-state index in [1.807, 2.05) is 24.3 Å². The molecule has 1 rings (SSSR count). The van der Waals surface area contributed by atoms with E-state index in [-0.39, 0.29) is 24.9 Å². The first-order valence-electron chi connectivity index (χ1n) is 5.33. The SMILES string of the molecule is CCOC(=O)CNCCc1ccccc1Cl.Cl. The maximum atomic E-state index is 11.0. The number of carbonyl (C=O) groups excluding carboxylic acids is 1. The molecule has 17 heavy (non-hydrogen) atoms. The van der Waals surface area contributed by atoms with E-state index in [0.717, 1.165) is 17.0 Å². The molecular formula is C12H17Cl2NO2. The predicted octanol–water partition coefficient (Wildman–Crippen LogP) is 2.46. The van der Waals surface area contributed by atoms with Crippen molar-refractivity contribution >= 4 is 30.0 Å². The highest BCUT2D eigenvalue weighted by molar-refractivity contribution is 6.31. The summed E-state index contributed by atoms with van der Waals surface area (Å²) in [5.74, 6) is -0.221. The van der Waals surface area contributed by atoms with Gasteiger partial charge in [0, 0.05) is 5.02 Å². The second kappa shape index (κ2) is 9.28. The van der Waals surface area contributed by atoms with Gasteiger partial charge in [-0.1, -0.05) is 29.8 Å². The van der Waals surface area contributed by atoms with E-state index in [2.05, 4.69) is 5.32 Å². The summed E-state index contributed by atoms with van der Waals surface area (Å²) < 4.78 is 4.79. The molecule has 1 aromatic rings. The van der Waals surface area contributed by atoms with Crippen molar-refractivity contribution in [1.29, 1.82) is 0 Å². The van der Waals surface area contributed by atoms with Gasteiger partial charge in [-0.05, 0) is 31.5 Å². The Hall–Kier alpha value is -0.770. The van der Waals surface area contributed by atoms with Gasteiger partial charge in [-0.2, -0.15) is 0 Å². The smallest absolute Gasteiger partial charge is 0.319 e. The molecule has 3 nitrogen and oxygen atoms in total. The third-order valence-electron chi connectivity index (χ3n) is 2.10. The van der Waals surface area contributed by atoms with Gasteiger partial charge in [0.05, 0.1) is 13.2 Å². The van der Waals surface area contributed by atoms with Crippen molar-refractivity contribution < 1.29 is 9.53 Å². The van der Waals surface area contributed by atoms with E-state index in [9.17, 15) is 4.79 Å². The summed E-state index contributed by atoms with van der Waals surface area (Å²) in [4.78, 5) is 11.0. The fourth-order valence-corrected chi connectivity index (χ4v) is 1.56. The van der Waals surface area contributed by atoms with Gasteiger partial charge in [0.15, 0.2) is 0 Å². The Labute approximate surface area is 113 Å². The topological polar surface area (TPSA) is 38.3 Å². The lowest BCUT2D eigenvalue weighted by Crippen LogP contribution is -2.26. The molecule has 0 fully saturated rings. The highest BCUT2D eigenvalue weighted by Crippen LogP contribution is 2.14. The lowest BCUT2D eigenvalue weighted by molar-refractivity contribution is -0.141. The van der Waals surface area contributed by atoms with Gasteiger partial charge in [0.1, 0.15) is 0 Å². The summed E-state index contributed by atoms with van der Waals surface area (Å²) in [5, 5.41) is 3.78. The molecule has 1 N–H and O–H groups in total. The molecule has 1 aromatic carbocycles. The van der Waals surface area contributed by atoms with Crippen LogP contribution in [-0.4, -0.2) is 25.7 Å². The quantitative estimate of drug-likeness (QED) is 0.641. The molecule has 0 aliphatic carbocycles. The Morgan fingerprint density at radius 2 is 2.12 bits per heavy atom. The number of ether oxygens (including phenoxy) is 1. The van der Waals surface area contributed by atoms with Crippen molar-refractivity contribution in [2.24, 2.45) is 0 Å². The Bertz CT molecular complexity index is 345. The largest absolute Gasteiger partial charge is 0.465 e. The van der Waals surface area contributed by atoms with Gasteiger partial charge < -0.3 is 10.1 Å². The molecule has 0 spiro atoms. The summed E-state index contributed by atoms with van der Waals surface area (Å²) in [5.41, 5.74) is 1.08. The third-order valence-corrected chi connectivity index (χ3v) is 2.47. The van der Waals surface area contributed by atoms with Gasteiger partial charge in [-0.3, -0.25) is 4.79 Å². The Kier molecular flexibility index (Phi) is 8.86. The van der Waals surface area contributed by atoms with Crippen molar-refractivity contribution in [3.05, 3.63) is 34.9 Å². The van der Waals surface area contributed by atoms with Crippen LogP contribution in [0.3, 0.4) is 0 Å². The minimum Gasteiger partial charge on any atom is -0.465 e. The van der Waals surface area contributed by atoms with Crippen molar-refractivity contribution in [2.75, 3.05) is 19.7 Å². The average Bonchev–Trinajstić information content (AvgIpc) is 2.27. The number of rotatable bonds is 6. The maximum absolute atomic E-state index is 11.0. The molecule has 0 amide bonds. The number of carbonyl (C=O) groups is 1. The van der Waals surface area contributed by atoms with Crippen LogP contribution in [0.25, 0.3) is 0 Å². The van der Waals surface area contributed by atoms with E-state index in [1.165, 1.54) is 0 Å². The van der Waals surface area contributed by atoms with Crippen LogP contribution in [0, 0.1) is 0 Å². The van der Waals surface area contributed by atoms with E-state index < -0.39 is 0 Å². The first-order chi connectivity index (χ1) is 7.74. The summed E-state index contributed by atoms with van der Waals surface area (Å²) >= 11 is 6.00. The van der Waals surface area contributed by atoms with E-state index >= 15 is 0 Å². The Morgan fingerprint density at radius 1 is 1.41 bits per heavy atom. The molecular weight excluding hydrogens is 261 g/mol. The zero-order valence-corrected chi connectivity index (χ0v) is 11.3. The second-order valence-electron chi connectivity index (χ2n) is 3.32. The molecule has 0 unspecified atom stereocenters. The van der Waals surface area contributed by atoms with Crippen molar-refractivity contribution in [3.63, 3.8) is 0 Å². The third kappa shape index (κ3) is 6.51. The highest BCUT2D eigenvalue weighted by atomic mass is 35.5. The van der Waals surface area contributed by atoms with Gasteiger partial charge >= 0.3 is 5.97 Å². The van der Waals surface area contributed by atoms with Gasteiger partial charge in [-0.25, -0.2) is 0 Å². The maximum Gasteiger partial charge on any atom is 0.319 e. The number of benzene rings is 1. The lowest BCUT2D eigenvalue weighted by atomic mass is 10.1. The second-order valence-corrected chi connectivity index (χ2v) is 3.73. The van der Waals surface area contributed by atoms with Crippen LogP contribution >= 0.6 is 24.0 Å². The van der Waals surface area contributed by atoms with Crippen LogP contribution in [0.15, 0.2) is 24.3 Å². The summed E-state index contributed by atoms with van der Waals surface area (Å²) in [7, 11) is 0. The van der Waals surface area contributed by atoms with Crippen molar-refractivity contribution in [2.45, 2.75) is 13.3 Å². The molecule has 0 atom stereocenters. The molecule has 0 bridgehead atoms. The number of hydrogen-bond donors (Lipinski definition) is 1. The standard InChI is InChI=1S/C12H16ClNO2.ClH/c1-2-16-12(15)9-14-8-7-10-5-3-4-6-11(10)13;/h3-6,14H,2,7-9H2,1H3;1H. The van der Waals surface area contributed by atoms with Crippen LogP contribution in [0.5, 0.6) is 0 Å². The van der Waals surface area contributed by atoms with Gasteiger partial charge in [-0.15, -0.1) is 12.4 Å². The predicted molar refractivity (Wildman–Crippen MR) is 71.9 cm³/mol. The molecule has 96 valence electrons. The highest BCUT2D eigenvalue weighted by Gasteiger charge is 2.01. The zero-order valence-electron chi connectivity index (χ0n) is 9.74. The first-order valence-corrected chi connectivity index (χ1v) is 5.71.